The van der Waals surface area contributed by atoms with Gasteiger partial charge in [0.2, 0.25) is 5.91 Å². The number of hydrogen-bond donors (Lipinski definition) is 1. The summed E-state index contributed by atoms with van der Waals surface area (Å²) in [6, 6.07) is -0.110. The van der Waals surface area contributed by atoms with Gasteiger partial charge in [0, 0.05) is 7.05 Å². The summed E-state index contributed by atoms with van der Waals surface area (Å²) in [5, 5.41) is 11.2. The van der Waals surface area contributed by atoms with Crippen LogP contribution in [0.2, 0.25) is 0 Å². The normalized spacial score (nSPS) is 23.4. The molecule has 22 heavy (non-hydrogen) atoms. The van der Waals surface area contributed by atoms with E-state index in [1.165, 1.54) is 19.3 Å². The Bertz CT molecular complexity index is 514. The van der Waals surface area contributed by atoms with Crippen LogP contribution < -0.4 is 5.32 Å². The summed E-state index contributed by atoms with van der Waals surface area (Å²) in [5.41, 5.74) is -0.290. The second-order valence-electron chi connectivity index (χ2n) is 6.78. The Morgan fingerprint density at radius 3 is 2.50 bits per heavy atom. The van der Waals surface area contributed by atoms with E-state index in [9.17, 15) is 4.79 Å². The molecule has 2 fully saturated rings. The molecular formula is C16H27N5O. The molecule has 1 aromatic heterocycles. The van der Waals surface area contributed by atoms with Crippen molar-refractivity contribution < 1.29 is 4.79 Å². The number of amides is 1. The first-order valence-electron chi connectivity index (χ1n) is 8.53. The fourth-order valence-electron chi connectivity index (χ4n) is 4.05. The van der Waals surface area contributed by atoms with E-state index in [0.29, 0.717) is 0 Å². The van der Waals surface area contributed by atoms with Crippen LogP contribution in [0.4, 0.5) is 0 Å². The number of carbonyl (C=O) groups excluding carboxylic acids is 1. The van der Waals surface area contributed by atoms with Crippen molar-refractivity contribution in [3.05, 3.63) is 12.2 Å². The zero-order valence-electron chi connectivity index (χ0n) is 13.7. The van der Waals surface area contributed by atoms with Crippen LogP contribution in [0.1, 0.15) is 63.7 Å². The zero-order chi connectivity index (χ0) is 15.6. The third-order valence-electron chi connectivity index (χ3n) is 5.30. The van der Waals surface area contributed by atoms with E-state index in [1.807, 2.05) is 18.5 Å². The van der Waals surface area contributed by atoms with Crippen LogP contribution in [-0.2, 0) is 11.8 Å². The van der Waals surface area contributed by atoms with Crippen molar-refractivity contribution in [2.75, 3.05) is 13.1 Å². The van der Waals surface area contributed by atoms with Gasteiger partial charge in [0.05, 0.1) is 6.04 Å². The van der Waals surface area contributed by atoms with E-state index in [1.54, 1.807) is 6.33 Å². The molecule has 1 aliphatic heterocycles. The Labute approximate surface area is 132 Å². The van der Waals surface area contributed by atoms with Crippen LogP contribution in [0, 0.1) is 0 Å². The summed E-state index contributed by atoms with van der Waals surface area (Å²) in [4.78, 5) is 15.5. The molecule has 122 valence electrons. The molecule has 2 aliphatic rings. The number of nitrogens with zero attached hydrogens (tertiary/aromatic N) is 4. The van der Waals surface area contributed by atoms with E-state index in [2.05, 4.69) is 20.4 Å². The molecule has 0 radical (unpaired) electrons. The average molecular weight is 305 g/mol. The largest absolute Gasteiger partial charge is 0.345 e. The molecule has 1 aromatic rings. The van der Waals surface area contributed by atoms with Crippen molar-refractivity contribution in [1.29, 1.82) is 0 Å². The van der Waals surface area contributed by atoms with Crippen LogP contribution in [-0.4, -0.2) is 44.2 Å². The number of nitrogens with one attached hydrogen (secondary N) is 1. The van der Waals surface area contributed by atoms with Crippen molar-refractivity contribution in [2.45, 2.75) is 63.5 Å². The van der Waals surface area contributed by atoms with Crippen LogP contribution in [0.25, 0.3) is 0 Å². The van der Waals surface area contributed by atoms with Crippen molar-refractivity contribution in [3.8, 4) is 0 Å². The van der Waals surface area contributed by atoms with Gasteiger partial charge in [-0.3, -0.25) is 9.69 Å². The number of carbonyl (C=O) groups is 1. The summed E-state index contributed by atoms with van der Waals surface area (Å²) in [6.45, 7) is 4.11. The standard InChI is InChI=1S/C16H27N5O/c1-13(14-19-17-12-20(14)2)18-15(22)16(8-4-3-5-9-16)21-10-6-7-11-21/h12-13H,3-11H2,1-2H3,(H,18,22). The Kier molecular flexibility index (Phi) is 4.47. The third-order valence-corrected chi connectivity index (χ3v) is 5.30. The predicted molar refractivity (Wildman–Crippen MR) is 84.2 cm³/mol. The molecule has 2 heterocycles. The Balaban J connectivity index is 1.76. The van der Waals surface area contributed by atoms with Crippen LogP contribution in [0.5, 0.6) is 0 Å². The fourth-order valence-corrected chi connectivity index (χ4v) is 4.05. The highest BCUT2D eigenvalue weighted by molar-refractivity contribution is 5.86. The topological polar surface area (TPSA) is 63.1 Å². The van der Waals surface area contributed by atoms with Crippen LogP contribution in [0.3, 0.4) is 0 Å². The molecule has 1 saturated heterocycles. The van der Waals surface area contributed by atoms with Gasteiger partial charge in [0.25, 0.3) is 0 Å². The summed E-state index contributed by atoms with van der Waals surface area (Å²) in [7, 11) is 1.91. The van der Waals surface area contributed by atoms with Gasteiger partial charge in [-0.15, -0.1) is 10.2 Å². The van der Waals surface area contributed by atoms with Crippen LogP contribution >= 0.6 is 0 Å². The number of rotatable bonds is 4. The predicted octanol–water partition coefficient (Wildman–Crippen LogP) is 1.79. The summed E-state index contributed by atoms with van der Waals surface area (Å²) in [6.07, 6.45) is 9.65. The minimum Gasteiger partial charge on any atom is -0.345 e. The molecule has 0 bridgehead atoms. The second kappa shape index (κ2) is 6.36. The first-order chi connectivity index (χ1) is 10.6. The monoisotopic (exact) mass is 305 g/mol. The quantitative estimate of drug-likeness (QED) is 0.921. The van der Waals surface area contributed by atoms with Gasteiger partial charge in [-0.25, -0.2) is 0 Å². The minimum atomic E-state index is -0.290. The molecule has 1 aliphatic carbocycles. The van der Waals surface area contributed by atoms with E-state index in [4.69, 9.17) is 0 Å². The molecule has 1 saturated carbocycles. The van der Waals surface area contributed by atoms with Crippen molar-refractivity contribution >= 4 is 5.91 Å². The van der Waals surface area contributed by atoms with E-state index >= 15 is 0 Å². The molecular weight excluding hydrogens is 278 g/mol. The van der Waals surface area contributed by atoms with Gasteiger partial charge in [-0.1, -0.05) is 19.3 Å². The van der Waals surface area contributed by atoms with Gasteiger partial charge in [-0.05, 0) is 45.7 Å². The van der Waals surface area contributed by atoms with Crippen molar-refractivity contribution in [3.63, 3.8) is 0 Å². The van der Waals surface area contributed by atoms with Crippen molar-refractivity contribution in [2.24, 2.45) is 7.05 Å². The van der Waals surface area contributed by atoms with E-state index in [0.717, 1.165) is 44.6 Å². The first-order valence-corrected chi connectivity index (χ1v) is 8.53. The van der Waals surface area contributed by atoms with E-state index in [-0.39, 0.29) is 17.5 Å². The lowest BCUT2D eigenvalue weighted by molar-refractivity contribution is -0.136. The minimum absolute atomic E-state index is 0.110. The molecule has 1 amide bonds. The number of likely N-dealkylation sites (tertiary alicyclic amines) is 1. The Morgan fingerprint density at radius 1 is 1.23 bits per heavy atom. The number of hydrogen-bond acceptors (Lipinski definition) is 4. The Morgan fingerprint density at radius 2 is 1.91 bits per heavy atom. The lowest BCUT2D eigenvalue weighted by Crippen LogP contribution is -2.59. The number of aromatic nitrogens is 3. The summed E-state index contributed by atoms with van der Waals surface area (Å²) < 4.78 is 1.87. The molecule has 1 unspecified atom stereocenters. The lowest BCUT2D eigenvalue weighted by Gasteiger charge is -2.43. The molecule has 0 aromatic carbocycles. The van der Waals surface area contributed by atoms with Gasteiger partial charge in [0.1, 0.15) is 11.9 Å². The highest BCUT2D eigenvalue weighted by Gasteiger charge is 2.45. The SMILES string of the molecule is CC(NC(=O)C1(N2CCCC2)CCCCC1)c1nncn1C. The van der Waals surface area contributed by atoms with Gasteiger partial charge in [-0.2, -0.15) is 0 Å². The van der Waals surface area contributed by atoms with E-state index < -0.39 is 0 Å². The molecule has 1 N–H and O–H groups in total. The third kappa shape index (κ3) is 2.76. The van der Waals surface area contributed by atoms with Crippen molar-refractivity contribution in [1.82, 2.24) is 25.0 Å². The smallest absolute Gasteiger partial charge is 0.241 e. The fraction of sp³-hybridized carbons (Fsp3) is 0.812. The van der Waals surface area contributed by atoms with Gasteiger partial charge < -0.3 is 9.88 Å². The highest BCUT2D eigenvalue weighted by Crippen LogP contribution is 2.36. The summed E-state index contributed by atoms with van der Waals surface area (Å²) >= 11 is 0. The molecule has 0 spiro atoms. The lowest BCUT2D eigenvalue weighted by atomic mass is 9.79. The van der Waals surface area contributed by atoms with Crippen LogP contribution in [0.15, 0.2) is 6.33 Å². The number of aryl methyl sites for hydroxylation is 1. The van der Waals surface area contributed by atoms with Gasteiger partial charge in [0.15, 0.2) is 5.82 Å². The molecule has 3 rings (SSSR count). The molecule has 6 nitrogen and oxygen atoms in total. The maximum absolute atomic E-state index is 13.1. The average Bonchev–Trinajstić information content (AvgIpc) is 3.19. The summed E-state index contributed by atoms with van der Waals surface area (Å²) in [5.74, 6) is 0.991. The Hall–Kier alpha value is -1.43. The highest BCUT2D eigenvalue weighted by atomic mass is 16.2. The second-order valence-corrected chi connectivity index (χ2v) is 6.78. The van der Waals surface area contributed by atoms with Gasteiger partial charge >= 0.3 is 0 Å². The molecule has 6 heteroatoms. The maximum atomic E-state index is 13.1. The zero-order valence-corrected chi connectivity index (χ0v) is 13.7. The first kappa shape index (κ1) is 15.5. The maximum Gasteiger partial charge on any atom is 0.241 e. The molecule has 1 atom stereocenters.